The molecular weight excluding hydrogens is 281 g/mol. The molecule has 19 heavy (non-hydrogen) atoms. The summed E-state index contributed by atoms with van der Waals surface area (Å²) in [6, 6.07) is 1.47. The first-order valence-electron chi connectivity index (χ1n) is 5.38. The number of hydrogen-bond acceptors (Lipinski definition) is 4. The number of hydrazone groups is 1. The average molecular weight is 292 g/mol. The van der Waals surface area contributed by atoms with Gasteiger partial charge in [-0.2, -0.15) is 23.3 Å². The number of carbonyl (C=O) groups is 1. The lowest BCUT2D eigenvalue weighted by Crippen LogP contribution is -2.56. The first kappa shape index (κ1) is 14.0. The summed E-state index contributed by atoms with van der Waals surface area (Å²) in [7, 11) is 0. The Balaban J connectivity index is 2.39. The molecular formula is C11H11F3N2O2S. The van der Waals surface area contributed by atoms with Crippen molar-refractivity contribution in [2.24, 2.45) is 5.10 Å². The number of aryl methyl sites for hydroxylation is 1. The van der Waals surface area contributed by atoms with Crippen LogP contribution in [0.2, 0.25) is 0 Å². The number of halogens is 3. The zero-order valence-corrected chi connectivity index (χ0v) is 11.0. The topological polar surface area (TPSA) is 52.9 Å². The van der Waals surface area contributed by atoms with E-state index in [1.54, 1.807) is 6.92 Å². The van der Waals surface area contributed by atoms with E-state index in [0.717, 1.165) is 4.88 Å². The van der Waals surface area contributed by atoms with Gasteiger partial charge in [0.1, 0.15) is 0 Å². The summed E-state index contributed by atoms with van der Waals surface area (Å²) in [5.74, 6) is -0.957. The molecule has 1 aliphatic heterocycles. The first-order chi connectivity index (χ1) is 8.65. The highest BCUT2D eigenvalue weighted by molar-refractivity contribution is 7.10. The van der Waals surface area contributed by atoms with Crippen LogP contribution >= 0.6 is 11.3 Å². The van der Waals surface area contributed by atoms with E-state index < -0.39 is 24.2 Å². The van der Waals surface area contributed by atoms with Crippen molar-refractivity contribution in [3.8, 4) is 0 Å². The van der Waals surface area contributed by atoms with Crippen LogP contribution in [0.15, 0.2) is 16.5 Å². The molecule has 0 bridgehead atoms. The van der Waals surface area contributed by atoms with Crippen LogP contribution < -0.4 is 0 Å². The second-order valence-electron chi connectivity index (χ2n) is 4.39. The number of alkyl halides is 3. The third kappa shape index (κ3) is 2.25. The number of carbonyl (C=O) groups excluding carboxylic acids is 1. The van der Waals surface area contributed by atoms with Crippen LogP contribution in [0.25, 0.3) is 0 Å². The van der Waals surface area contributed by atoms with Gasteiger partial charge >= 0.3 is 6.18 Å². The Labute approximate surface area is 111 Å². The van der Waals surface area contributed by atoms with Gasteiger partial charge < -0.3 is 5.11 Å². The lowest BCUT2D eigenvalue weighted by molar-refractivity contribution is -0.297. The summed E-state index contributed by atoms with van der Waals surface area (Å²) >= 11 is 1.24. The van der Waals surface area contributed by atoms with E-state index in [9.17, 15) is 23.1 Å². The fraction of sp³-hybridized carbons (Fsp3) is 0.455. The maximum atomic E-state index is 12.9. The van der Waals surface area contributed by atoms with E-state index in [1.807, 2.05) is 0 Å². The summed E-state index contributed by atoms with van der Waals surface area (Å²) in [4.78, 5) is 12.8. The van der Waals surface area contributed by atoms with Gasteiger partial charge in [0.05, 0.1) is 5.56 Å². The van der Waals surface area contributed by atoms with Gasteiger partial charge in [-0.25, -0.2) is 0 Å². The summed E-state index contributed by atoms with van der Waals surface area (Å²) in [6.07, 6.45) is -5.69. The largest absolute Gasteiger partial charge is 0.438 e. The first-order valence-corrected chi connectivity index (χ1v) is 6.26. The van der Waals surface area contributed by atoms with Crippen LogP contribution in [-0.2, 0) is 0 Å². The van der Waals surface area contributed by atoms with Gasteiger partial charge in [0.25, 0.3) is 11.6 Å². The van der Waals surface area contributed by atoms with Gasteiger partial charge in [0, 0.05) is 22.4 Å². The Hall–Kier alpha value is -1.41. The number of amides is 1. The van der Waals surface area contributed by atoms with Gasteiger partial charge in [-0.15, -0.1) is 11.3 Å². The van der Waals surface area contributed by atoms with Crippen LogP contribution in [0, 0.1) is 6.92 Å². The van der Waals surface area contributed by atoms with Gasteiger partial charge in [-0.1, -0.05) is 0 Å². The molecule has 0 unspecified atom stereocenters. The summed E-state index contributed by atoms with van der Waals surface area (Å²) < 4.78 is 38.8. The Bertz CT molecular complexity index is 552. The Kier molecular flexibility index (Phi) is 3.18. The maximum absolute atomic E-state index is 12.9. The van der Waals surface area contributed by atoms with Crippen LogP contribution in [-0.4, -0.2) is 33.6 Å². The van der Waals surface area contributed by atoms with E-state index in [2.05, 4.69) is 5.10 Å². The third-order valence-corrected chi connectivity index (χ3v) is 3.61. The smallest absolute Gasteiger partial charge is 0.362 e. The number of aliphatic hydroxyl groups is 1. The molecule has 1 atom stereocenters. The molecule has 1 N–H and O–H groups in total. The molecule has 8 heteroatoms. The van der Waals surface area contributed by atoms with E-state index in [1.165, 1.54) is 29.7 Å². The predicted octanol–water partition coefficient (Wildman–Crippen LogP) is 2.53. The van der Waals surface area contributed by atoms with Crippen molar-refractivity contribution in [1.29, 1.82) is 0 Å². The van der Waals surface area contributed by atoms with Crippen LogP contribution in [0.1, 0.15) is 28.6 Å². The highest BCUT2D eigenvalue weighted by Gasteiger charge is 2.62. The molecule has 1 aromatic rings. The minimum atomic E-state index is -4.96. The number of rotatable bonds is 1. The van der Waals surface area contributed by atoms with Gasteiger partial charge in [0.2, 0.25) is 0 Å². The third-order valence-electron chi connectivity index (χ3n) is 2.75. The second-order valence-corrected chi connectivity index (χ2v) is 5.50. The molecule has 0 radical (unpaired) electrons. The van der Waals surface area contributed by atoms with Crippen LogP contribution in [0.5, 0.6) is 0 Å². The zero-order valence-electron chi connectivity index (χ0n) is 10.2. The Morgan fingerprint density at radius 3 is 2.63 bits per heavy atom. The molecule has 0 aromatic carbocycles. The molecule has 0 saturated carbocycles. The maximum Gasteiger partial charge on any atom is 0.438 e. The quantitative estimate of drug-likeness (QED) is 0.864. The van der Waals surface area contributed by atoms with Gasteiger partial charge in [0.15, 0.2) is 0 Å². The number of thiophene rings is 1. The Morgan fingerprint density at radius 1 is 1.53 bits per heavy atom. The molecule has 2 rings (SSSR count). The predicted molar refractivity (Wildman–Crippen MR) is 64.0 cm³/mol. The molecule has 2 heterocycles. The minimum Gasteiger partial charge on any atom is -0.362 e. The van der Waals surface area contributed by atoms with E-state index in [-0.39, 0.29) is 16.3 Å². The van der Waals surface area contributed by atoms with Crippen LogP contribution in [0.3, 0.4) is 0 Å². The normalized spacial score (nSPS) is 23.7. The summed E-state index contributed by atoms with van der Waals surface area (Å²) in [6.45, 7) is 3.07. The van der Waals surface area contributed by atoms with Crippen molar-refractivity contribution < 1.29 is 23.1 Å². The molecule has 0 saturated heterocycles. The Morgan fingerprint density at radius 2 is 2.16 bits per heavy atom. The molecule has 4 nitrogen and oxygen atoms in total. The van der Waals surface area contributed by atoms with Gasteiger partial charge in [-0.3, -0.25) is 4.79 Å². The molecule has 1 amide bonds. The lowest BCUT2D eigenvalue weighted by Gasteiger charge is -2.32. The van der Waals surface area contributed by atoms with Crippen molar-refractivity contribution in [1.82, 2.24) is 5.01 Å². The van der Waals surface area contributed by atoms with Crippen molar-refractivity contribution in [3.05, 3.63) is 21.9 Å². The molecule has 104 valence electrons. The monoisotopic (exact) mass is 292 g/mol. The lowest BCUT2D eigenvalue weighted by atomic mass is 10.1. The van der Waals surface area contributed by atoms with E-state index >= 15 is 0 Å². The second kappa shape index (κ2) is 4.31. The minimum absolute atomic E-state index is 0.0557. The average Bonchev–Trinajstić information content (AvgIpc) is 2.81. The highest BCUT2D eigenvalue weighted by Crippen LogP contribution is 2.41. The molecule has 1 aliphatic rings. The standard InChI is InChI=1S/C11H11F3N2O2S/c1-6-4-10(18,11(12,13)14)16(15-6)9(17)8-3-7(2)19-5-8/h3,5,18H,4H2,1-2H3/t10-/m1/s1. The molecule has 0 fully saturated rings. The summed E-state index contributed by atoms with van der Waals surface area (Å²) in [5, 5.41) is 14.9. The van der Waals surface area contributed by atoms with Crippen LogP contribution in [0.4, 0.5) is 13.2 Å². The number of nitrogens with zero attached hydrogens (tertiary/aromatic N) is 2. The fourth-order valence-corrected chi connectivity index (χ4v) is 2.51. The molecule has 1 aromatic heterocycles. The van der Waals surface area contributed by atoms with E-state index in [0.29, 0.717) is 0 Å². The van der Waals surface area contributed by atoms with Crippen molar-refractivity contribution in [2.45, 2.75) is 32.2 Å². The van der Waals surface area contributed by atoms with Gasteiger partial charge in [-0.05, 0) is 19.9 Å². The van der Waals surface area contributed by atoms with Crippen molar-refractivity contribution >= 4 is 23.0 Å². The van der Waals surface area contributed by atoms with E-state index in [4.69, 9.17) is 0 Å². The zero-order chi connectivity index (χ0) is 14.4. The SMILES string of the molecule is CC1=NN(C(=O)c2csc(C)c2)[C@](O)(C(F)(F)F)C1. The molecule has 0 aliphatic carbocycles. The van der Waals surface area contributed by atoms with Crippen molar-refractivity contribution in [3.63, 3.8) is 0 Å². The fourth-order valence-electron chi connectivity index (χ4n) is 1.83. The molecule has 0 spiro atoms. The summed E-state index contributed by atoms with van der Waals surface area (Å²) in [5.41, 5.74) is -3.12. The highest BCUT2D eigenvalue weighted by atomic mass is 32.1. The van der Waals surface area contributed by atoms with Crippen molar-refractivity contribution in [2.75, 3.05) is 0 Å². The number of hydrogen-bond donors (Lipinski definition) is 1.